The van der Waals surface area contributed by atoms with E-state index in [1.54, 1.807) is 19.2 Å². The molecule has 7 heteroatoms. The zero-order chi connectivity index (χ0) is 16.1. The fourth-order valence-corrected chi connectivity index (χ4v) is 2.06. The maximum Gasteiger partial charge on any atom is 0.330 e. The van der Waals surface area contributed by atoms with E-state index >= 15 is 0 Å². The molecule has 7 nitrogen and oxygen atoms in total. The maximum atomic E-state index is 5.85. The minimum atomic E-state index is 0.141. The van der Waals surface area contributed by atoms with Crippen molar-refractivity contribution in [3.63, 3.8) is 0 Å². The second-order valence-electron chi connectivity index (χ2n) is 4.70. The summed E-state index contributed by atoms with van der Waals surface area (Å²) in [5, 5.41) is 7.67. The molecule has 3 aromatic rings. The number of benzene rings is 2. The summed E-state index contributed by atoms with van der Waals surface area (Å²) in [7, 11) is 1.59. The fraction of sp³-hybridized carbons (Fsp3) is 0.125. The predicted molar refractivity (Wildman–Crippen MR) is 84.9 cm³/mol. The van der Waals surface area contributed by atoms with Gasteiger partial charge in [0.15, 0.2) is 11.5 Å². The fourth-order valence-electron chi connectivity index (χ4n) is 2.06. The summed E-state index contributed by atoms with van der Waals surface area (Å²) < 4.78 is 16.5. The normalized spacial score (nSPS) is 10.3. The first-order chi connectivity index (χ1) is 11.3. The van der Waals surface area contributed by atoms with Gasteiger partial charge in [-0.1, -0.05) is 35.4 Å². The van der Waals surface area contributed by atoms with Gasteiger partial charge >= 0.3 is 6.01 Å². The first-order valence-electron chi connectivity index (χ1n) is 6.95. The van der Waals surface area contributed by atoms with E-state index in [1.807, 2.05) is 36.4 Å². The van der Waals surface area contributed by atoms with E-state index in [9.17, 15) is 0 Å². The van der Waals surface area contributed by atoms with Gasteiger partial charge in [0.2, 0.25) is 5.89 Å². The largest absolute Gasteiger partial charge is 0.493 e. The molecule has 0 saturated heterocycles. The molecule has 118 valence electrons. The van der Waals surface area contributed by atoms with Crippen LogP contribution in [-0.2, 0) is 6.61 Å². The molecule has 0 spiro atoms. The van der Waals surface area contributed by atoms with Crippen molar-refractivity contribution in [1.29, 1.82) is 0 Å². The van der Waals surface area contributed by atoms with Crippen molar-refractivity contribution >= 4 is 6.01 Å². The van der Waals surface area contributed by atoms with Crippen LogP contribution in [0.3, 0.4) is 0 Å². The van der Waals surface area contributed by atoms with E-state index in [2.05, 4.69) is 15.6 Å². The lowest BCUT2D eigenvalue weighted by Gasteiger charge is -2.11. The van der Waals surface area contributed by atoms with E-state index < -0.39 is 0 Å². The third-order valence-electron chi connectivity index (χ3n) is 3.20. The van der Waals surface area contributed by atoms with E-state index in [1.165, 1.54) is 0 Å². The van der Waals surface area contributed by atoms with Gasteiger partial charge in [0.25, 0.3) is 0 Å². The molecule has 0 unspecified atom stereocenters. The Bertz CT molecular complexity index is 774. The summed E-state index contributed by atoms with van der Waals surface area (Å²) in [6.45, 7) is 0.431. The molecule has 1 aromatic heterocycles. The van der Waals surface area contributed by atoms with E-state index in [4.69, 9.17) is 19.7 Å². The van der Waals surface area contributed by atoms with Gasteiger partial charge in [0.1, 0.15) is 6.61 Å². The number of hydrogen-bond donors (Lipinski definition) is 2. The summed E-state index contributed by atoms with van der Waals surface area (Å²) >= 11 is 0. The third kappa shape index (κ3) is 3.41. The molecular weight excluding hydrogens is 296 g/mol. The molecule has 0 saturated carbocycles. The van der Waals surface area contributed by atoms with Gasteiger partial charge < -0.3 is 13.9 Å². The van der Waals surface area contributed by atoms with E-state index in [0.29, 0.717) is 29.6 Å². The average molecular weight is 312 g/mol. The van der Waals surface area contributed by atoms with Crippen molar-refractivity contribution in [2.75, 3.05) is 12.5 Å². The Labute approximate surface area is 133 Å². The number of rotatable bonds is 6. The lowest BCUT2D eigenvalue weighted by Crippen LogP contribution is -2.06. The van der Waals surface area contributed by atoms with Crippen LogP contribution in [0.5, 0.6) is 11.5 Å². The number of methoxy groups -OCH3 is 1. The van der Waals surface area contributed by atoms with Crippen LogP contribution in [0, 0.1) is 0 Å². The number of nitrogen functional groups attached to an aromatic ring is 1. The molecule has 0 amide bonds. The molecule has 0 radical (unpaired) electrons. The Morgan fingerprint density at radius 1 is 1.09 bits per heavy atom. The van der Waals surface area contributed by atoms with Crippen LogP contribution in [0.4, 0.5) is 6.01 Å². The molecule has 0 bridgehead atoms. The molecular formula is C16H16N4O3. The van der Waals surface area contributed by atoms with Crippen LogP contribution in [0.2, 0.25) is 0 Å². The van der Waals surface area contributed by atoms with Crippen LogP contribution >= 0.6 is 0 Å². The van der Waals surface area contributed by atoms with E-state index in [-0.39, 0.29) is 6.01 Å². The number of hydrogen-bond acceptors (Lipinski definition) is 7. The monoisotopic (exact) mass is 312 g/mol. The lowest BCUT2D eigenvalue weighted by atomic mass is 10.2. The van der Waals surface area contributed by atoms with Crippen molar-refractivity contribution < 1.29 is 13.9 Å². The van der Waals surface area contributed by atoms with Gasteiger partial charge in [-0.25, -0.2) is 5.84 Å². The van der Waals surface area contributed by atoms with Gasteiger partial charge in [-0.15, -0.1) is 5.10 Å². The van der Waals surface area contributed by atoms with Crippen molar-refractivity contribution in [1.82, 2.24) is 10.2 Å². The Kier molecular flexibility index (Phi) is 4.39. The molecule has 0 fully saturated rings. The second kappa shape index (κ2) is 6.80. The number of anilines is 1. The minimum absolute atomic E-state index is 0.141. The molecule has 3 N–H and O–H groups in total. The number of nitrogens with zero attached hydrogens (tertiary/aromatic N) is 2. The molecule has 23 heavy (non-hydrogen) atoms. The summed E-state index contributed by atoms with van der Waals surface area (Å²) in [4.78, 5) is 0. The summed E-state index contributed by atoms with van der Waals surface area (Å²) in [5.41, 5.74) is 4.08. The Hall–Kier alpha value is -3.06. The third-order valence-corrected chi connectivity index (χ3v) is 3.20. The molecule has 0 aliphatic heterocycles. The number of nitrogens with one attached hydrogen (secondary N) is 1. The highest BCUT2D eigenvalue weighted by molar-refractivity contribution is 5.60. The van der Waals surface area contributed by atoms with Crippen molar-refractivity contribution in [2.24, 2.45) is 5.84 Å². The minimum Gasteiger partial charge on any atom is -0.493 e. The Balaban J connectivity index is 1.84. The second-order valence-corrected chi connectivity index (χ2v) is 4.70. The first-order valence-corrected chi connectivity index (χ1v) is 6.95. The highest BCUT2D eigenvalue weighted by Gasteiger charge is 2.12. The van der Waals surface area contributed by atoms with Crippen molar-refractivity contribution in [3.05, 3.63) is 54.1 Å². The summed E-state index contributed by atoms with van der Waals surface area (Å²) in [6.07, 6.45) is 0. The average Bonchev–Trinajstić information content (AvgIpc) is 3.10. The molecule has 3 rings (SSSR count). The maximum absolute atomic E-state index is 5.85. The SMILES string of the molecule is COc1ccc(-c2nnc(NN)o2)cc1OCc1ccccc1. The van der Waals surface area contributed by atoms with Gasteiger partial charge in [-0.3, -0.25) is 5.43 Å². The number of nitrogens with two attached hydrogens (primary N) is 1. The van der Waals surface area contributed by atoms with Gasteiger partial charge in [-0.2, -0.15) is 0 Å². The Morgan fingerprint density at radius 3 is 2.61 bits per heavy atom. The van der Waals surface area contributed by atoms with Gasteiger partial charge in [0.05, 0.1) is 7.11 Å². The Morgan fingerprint density at radius 2 is 1.91 bits per heavy atom. The van der Waals surface area contributed by atoms with Gasteiger partial charge in [-0.05, 0) is 23.8 Å². The summed E-state index contributed by atoms with van der Waals surface area (Å²) in [6, 6.07) is 15.4. The number of aromatic nitrogens is 2. The van der Waals surface area contributed by atoms with E-state index in [0.717, 1.165) is 5.56 Å². The molecule has 1 heterocycles. The zero-order valence-corrected chi connectivity index (χ0v) is 12.5. The predicted octanol–water partition coefficient (Wildman–Crippen LogP) is 2.61. The first kappa shape index (κ1) is 14.9. The van der Waals surface area contributed by atoms with Crippen LogP contribution in [0.25, 0.3) is 11.5 Å². The van der Waals surface area contributed by atoms with Crippen LogP contribution in [0.1, 0.15) is 5.56 Å². The highest BCUT2D eigenvalue weighted by atomic mass is 16.5. The molecule has 2 aromatic carbocycles. The van der Waals surface area contributed by atoms with Crippen molar-refractivity contribution in [3.8, 4) is 23.0 Å². The highest BCUT2D eigenvalue weighted by Crippen LogP contribution is 2.33. The molecule has 0 aliphatic carbocycles. The smallest absolute Gasteiger partial charge is 0.330 e. The zero-order valence-electron chi connectivity index (χ0n) is 12.5. The topological polar surface area (TPSA) is 95.4 Å². The van der Waals surface area contributed by atoms with Crippen molar-refractivity contribution in [2.45, 2.75) is 6.61 Å². The molecule has 0 aliphatic rings. The summed E-state index contributed by atoms with van der Waals surface area (Å²) in [5.74, 6) is 6.79. The molecule has 0 atom stereocenters. The van der Waals surface area contributed by atoms with Gasteiger partial charge in [0, 0.05) is 5.56 Å². The standard InChI is InChI=1S/C16H16N4O3/c1-21-13-8-7-12(15-19-20-16(18-17)23-15)9-14(13)22-10-11-5-3-2-4-6-11/h2-9H,10,17H2,1H3,(H,18,20). The number of hydrazine groups is 1. The number of ether oxygens (including phenoxy) is 2. The van der Waals surface area contributed by atoms with Crippen LogP contribution in [0.15, 0.2) is 52.9 Å². The quantitative estimate of drug-likeness (QED) is 0.533. The van der Waals surface area contributed by atoms with Crippen LogP contribution in [-0.4, -0.2) is 17.3 Å². The lowest BCUT2D eigenvalue weighted by molar-refractivity contribution is 0.284. The van der Waals surface area contributed by atoms with Crippen LogP contribution < -0.4 is 20.7 Å².